The molecule has 2 aromatic carbocycles. The zero-order valence-electron chi connectivity index (χ0n) is 17.7. The molecule has 0 aliphatic heterocycles. The lowest BCUT2D eigenvalue weighted by Gasteiger charge is -2.21. The highest BCUT2D eigenvalue weighted by molar-refractivity contribution is 5.89. The van der Waals surface area contributed by atoms with Gasteiger partial charge in [-0.2, -0.15) is 0 Å². The van der Waals surface area contributed by atoms with Gasteiger partial charge in [0.15, 0.2) is 0 Å². The number of carbonyl (C=O) groups is 4. The number of amides is 2. The van der Waals surface area contributed by atoms with Crippen LogP contribution in [0.1, 0.15) is 24.0 Å². The number of rotatable bonds is 11. The molecule has 0 heterocycles. The summed E-state index contributed by atoms with van der Waals surface area (Å²) in [5.74, 6) is -2.59. The Kier molecular flexibility index (Phi) is 9.70. The van der Waals surface area contributed by atoms with Crippen molar-refractivity contribution in [2.45, 2.75) is 38.0 Å². The Labute approximate surface area is 185 Å². The molecule has 2 aromatic rings. The maximum Gasteiger partial charge on any atom is 0.408 e. The van der Waals surface area contributed by atoms with Gasteiger partial charge in [-0.05, 0) is 17.5 Å². The number of hydrogen-bond donors (Lipinski definition) is 3. The lowest BCUT2D eigenvalue weighted by Crippen LogP contribution is -2.52. The summed E-state index contributed by atoms with van der Waals surface area (Å²) in [5.41, 5.74) is 1.54. The molecule has 0 aliphatic carbocycles. The van der Waals surface area contributed by atoms with E-state index in [0.717, 1.165) is 11.1 Å². The van der Waals surface area contributed by atoms with E-state index in [1.165, 1.54) is 7.11 Å². The molecule has 0 unspecified atom stereocenters. The third-order valence-electron chi connectivity index (χ3n) is 4.58. The van der Waals surface area contributed by atoms with Crippen molar-refractivity contribution in [1.82, 2.24) is 10.6 Å². The molecule has 9 heteroatoms. The molecule has 0 aromatic heterocycles. The zero-order chi connectivity index (χ0) is 23.3. The summed E-state index contributed by atoms with van der Waals surface area (Å²) in [6, 6.07) is 15.6. The van der Waals surface area contributed by atoms with Gasteiger partial charge in [0, 0.05) is 12.8 Å². The molecule has 0 aliphatic rings. The number of hydrogen-bond acceptors (Lipinski definition) is 6. The SMILES string of the molecule is COC(=O)CC[C@H](NC(=O)[C@@H](Cc1ccccc1)NC(=O)OCc1ccccc1)C(=O)O. The van der Waals surface area contributed by atoms with Crippen LogP contribution in [-0.2, 0) is 36.9 Å². The molecule has 0 fully saturated rings. The lowest BCUT2D eigenvalue weighted by atomic mass is 10.0. The van der Waals surface area contributed by atoms with Gasteiger partial charge in [0.25, 0.3) is 0 Å². The molecule has 170 valence electrons. The first-order chi connectivity index (χ1) is 15.4. The maximum atomic E-state index is 12.8. The number of aliphatic carboxylic acids is 1. The summed E-state index contributed by atoms with van der Waals surface area (Å²) in [6.45, 7) is 0.0171. The molecule has 0 bridgehead atoms. The van der Waals surface area contributed by atoms with Crippen molar-refractivity contribution >= 4 is 23.9 Å². The van der Waals surface area contributed by atoms with Gasteiger partial charge < -0.3 is 25.2 Å². The largest absolute Gasteiger partial charge is 0.480 e. The summed E-state index contributed by atoms with van der Waals surface area (Å²) < 4.78 is 9.69. The van der Waals surface area contributed by atoms with Gasteiger partial charge in [-0.25, -0.2) is 9.59 Å². The predicted molar refractivity (Wildman–Crippen MR) is 115 cm³/mol. The highest BCUT2D eigenvalue weighted by atomic mass is 16.5. The molecule has 0 radical (unpaired) electrons. The molecule has 0 saturated carbocycles. The van der Waals surface area contributed by atoms with E-state index in [1.54, 1.807) is 36.4 Å². The van der Waals surface area contributed by atoms with Crippen molar-refractivity contribution < 1.29 is 33.8 Å². The Morgan fingerprint density at radius 2 is 1.47 bits per heavy atom. The second kappa shape index (κ2) is 12.7. The normalized spacial score (nSPS) is 12.2. The Morgan fingerprint density at radius 3 is 2.03 bits per heavy atom. The minimum Gasteiger partial charge on any atom is -0.480 e. The van der Waals surface area contributed by atoms with Crippen LogP contribution in [0.4, 0.5) is 4.79 Å². The van der Waals surface area contributed by atoms with Crippen LogP contribution in [-0.4, -0.2) is 48.2 Å². The first-order valence-electron chi connectivity index (χ1n) is 10.00. The van der Waals surface area contributed by atoms with Gasteiger partial charge in [-0.1, -0.05) is 60.7 Å². The Hall–Kier alpha value is -3.88. The topological polar surface area (TPSA) is 131 Å². The van der Waals surface area contributed by atoms with Crippen molar-refractivity contribution in [2.75, 3.05) is 7.11 Å². The molecular weight excluding hydrogens is 416 g/mol. The fourth-order valence-corrected chi connectivity index (χ4v) is 2.86. The van der Waals surface area contributed by atoms with Crippen LogP contribution in [0.25, 0.3) is 0 Å². The van der Waals surface area contributed by atoms with Crippen LogP contribution < -0.4 is 10.6 Å². The zero-order valence-corrected chi connectivity index (χ0v) is 17.7. The van der Waals surface area contributed by atoms with E-state index in [4.69, 9.17) is 4.74 Å². The van der Waals surface area contributed by atoms with E-state index < -0.39 is 36.0 Å². The number of methoxy groups -OCH3 is 1. The average molecular weight is 442 g/mol. The van der Waals surface area contributed by atoms with E-state index in [2.05, 4.69) is 15.4 Å². The van der Waals surface area contributed by atoms with Crippen LogP contribution in [0.5, 0.6) is 0 Å². The molecule has 3 N–H and O–H groups in total. The van der Waals surface area contributed by atoms with Crippen LogP contribution in [0, 0.1) is 0 Å². The van der Waals surface area contributed by atoms with E-state index in [0.29, 0.717) is 0 Å². The van der Waals surface area contributed by atoms with Crippen molar-refractivity contribution in [1.29, 1.82) is 0 Å². The van der Waals surface area contributed by atoms with Crippen LogP contribution in [0.15, 0.2) is 60.7 Å². The number of nitrogens with one attached hydrogen (secondary N) is 2. The van der Waals surface area contributed by atoms with Gasteiger partial charge in [-0.3, -0.25) is 9.59 Å². The highest BCUT2D eigenvalue weighted by Gasteiger charge is 2.27. The molecule has 9 nitrogen and oxygen atoms in total. The molecule has 2 amide bonds. The standard InChI is InChI=1S/C23H26N2O7/c1-31-20(26)13-12-18(22(28)29)24-21(27)19(14-16-8-4-2-5-9-16)25-23(30)32-15-17-10-6-3-7-11-17/h2-11,18-19H,12-15H2,1H3,(H,24,27)(H,25,30)(H,28,29)/t18-,19+/m0/s1. The highest BCUT2D eigenvalue weighted by Crippen LogP contribution is 2.07. The summed E-state index contributed by atoms with van der Waals surface area (Å²) in [4.78, 5) is 48.0. The summed E-state index contributed by atoms with van der Waals surface area (Å²) in [7, 11) is 1.19. The van der Waals surface area contributed by atoms with Gasteiger partial charge in [-0.15, -0.1) is 0 Å². The average Bonchev–Trinajstić information content (AvgIpc) is 2.80. The molecule has 0 spiro atoms. The molecule has 2 rings (SSSR count). The summed E-state index contributed by atoms with van der Waals surface area (Å²) in [6.07, 6.45) is -1.02. The predicted octanol–water partition coefficient (Wildman–Crippen LogP) is 2.05. The molecule has 2 atom stereocenters. The molecule has 0 saturated heterocycles. The van der Waals surface area contributed by atoms with Gasteiger partial charge in [0.1, 0.15) is 18.7 Å². The fraction of sp³-hybridized carbons (Fsp3) is 0.304. The third kappa shape index (κ3) is 8.47. The number of esters is 1. The second-order valence-electron chi connectivity index (χ2n) is 6.96. The van der Waals surface area contributed by atoms with Crippen LogP contribution in [0.3, 0.4) is 0 Å². The van der Waals surface area contributed by atoms with E-state index in [1.807, 2.05) is 24.3 Å². The third-order valence-corrected chi connectivity index (χ3v) is 4.58. The lowest BCUT2D eigenvalue weighted by molar-refractivity contribution is -0.144. The van der Waals surface area contributed by atoms with Crippen molar-refractivity contribution in [2.24, 2.45) is 0 Å². The van der Waals surface area contributed by atoms with Crippen molar-refractivity contribution in [3.8, 4) is 0 Å². The number of carboxylic acids is 1. The number of carbonyl (C=O) groups excluding carboxylic acids is 3. The maximum absolute atomic E-state index is 12.8. The van der Waals surface area contributed by atoms with Crippen molar-refractivity contribution in [3.63, 3.8) is 0 Å². The number of alkyl carbamates (subject to hydrolysis) is 1. The summed E-state index contributed by atoms with van der Waals surface area (Å²) in [5, 5.41) is 14.3. The minimum absolute atomic E-state index is 0.0171. The Morgan fingerprint density at radius 1 is 0.875 bits per heavy atom. The van der Waals surface area contributed by atoms with Gasteiger partial charge in [0.2, 0.25) is 5.91 Å². The Balaban J connectivity index is 2.05. The van der Waals surface area contributed by atoms with Gasteiger partial charge in [0.05, 0.1) is 7.11 Å². The number of benzene rings is 2. The van der Waals surface area contributed by atoms with Crippen LogP contribution in [0.2, 0.25) is 0 Å². The summed E-state index contributed by atoms with van der Waals surface area (Å²) >= 11 is 0. The molecule has 32 heavy (non-hydrogen) atoms. The quantitative estimate of drug-likeness (QED) is 0.454. The number of ether oxygens (including phenoxy) is 2. The van der Waals surface area contributed by atoms with E-state index >= 15 is 0 Å². The van der Waals surface area contributed by atoms with Crippen molar-refractivity contribution in [3.05, 3.63) is 71.8 Å². The van der Waals surface area contributed by atoms with E-state index in [9.17, 15) is 24.3 Å². The Bertz CT molecular complexity index is 903. The monoisotopic (exact) mass is 442 g/mol. The minimum atomic E-state index is -1.32. The number of carboxylic acid groups (broad SMARTS) is 1. The second-order valence-corrected chi connectivity index (χ2v) is 6.96. The molecular formula is C23H26N2O7. The first kappa shape index (κ1) is 24.4. The smallest absolute Gasteiger partial charge is 0.408 e. The van der Waals surface area contributed by atoms with Crippen LogP contribution >= 0.6 is 0 Å². The van der Waals surface area contributed by atoms with Gasteiger partial charge >= 0.3 is 18.0 Å². The first-order valence-corrected chi connectivity index (χ1v) is 10.00. The van der Waals surface area contributed by atoms with E-state index in [-0.39, 0.29) is 25.9 Å². The fourth-order valence-electron chi connectivity index (χ4n) is 2.86.